The van der Waals surface area contributed by atoms with Crippen molar-refractivity contribution in [2.24, 2.45) is 5.41 Å². The molecule has 0 aliphatic carbocycles. The van der Waals surface area contributed by atoms with Crippen LogP contribution in [0.1, 0.15) is 50.8 Å². The third-order valence-corrected chi connectivity index (χ3v) is 2.64. The van der Waals surface area contributed by atoms with E-state index in [1.165, 1.54) is 0 Å². The first-order valence-electron chi connectivity index (χ1n) is 6.01. The number of nitrogens with one attached hydrogen (secondary N) is 2. The molecule has 0 aromatic carbocycles. The molecule has 1 aromatic rings. The van der Waals surface area contributed by atoms with Crippen LogP contribution in [-0.4, -0.2) is 16.5 Å². The molecule has 1 aromatic heterocycles. The Hall–Kier alpha value is -1.16. The molecular weight excluding hydrogens is 214 g/mol. The van der Waals surface area contributed by atoms with Gasteiger partial charge in [-0.3, -0.25) is 4.79 Å². The highest BCUT2D eigenvalue weighted by atomic mass is 16.1. The first-order chi connectivity index (χ1) is 7.70. The van der Waals surface area contributed by atoms with E-state index in [0.717, 1.165) is 17.8 Å². The topological polar surface area (TPSA) is 57.8 Å². The minimum Gasteiger partial charge on any atom is -0.310 e. The standard InChI is InChI=1S/C13H23N3O/c1-8(14-7-13(4,5)6)11-9(2)15-10(3)16-12(11)17/h8,14H,7H2,1-6H3,(H,15,16,17). The summed E-state index contributed by atoms with van der Waals surface area (Å²) in [5.74, 6) is 0.666. The molecule has 1 unspecified atom stereocenters. The zero-order valence-electron chi connectivity index (χ0n) is 11.6. The van der Waals surface area contributed by atoms with Crippen LogP contribution in [-0.2, 0) is 0 Å². The Labute approximate surface area is 103 Å². The molecule has 17 heavy (non-hydrogen) atoms. The van der Waals surface area contributed by atoms with Gasteiger partial charge in [0.15, 0.2) is 0 Å². The van der Waals surface area contributed by atoms with Crippen LogP contribution in [0.3, 0.4) is 0 Å². The molecule has 1 atom stereocenters. The maximum absolute atomic E-state index is 11.9. The van der Waals surface area contributed by atoms with Gasteiger partial charge in [0, 0.05) is 18.3 Å². The van der Waals surface area contributed by atoms with Crippen molar-refractivity contribution >= 4 is 0 Å². The fourth-order valence-electron chi connectivity index (χ4n) is 1.81. The van der Waals surface area contributed by atoms with Gasteiger partial charge in [-0.2, -0.15) is 0 Å². The fourth-order valence-corrected chi connectivity index (χ4v) is 1.81. The molecule has 0 fully saturated rings. The molecule has 0 aliphatic heterocycles. The minimum absolute atomic E-state index is 0.0195. The zero-order valence-corrected chi connectivity index (χ0v) is 11.6. The summed E-state index contributed by atoms with van der Waals surface area (Å²) in [4.78, 5) is 18.9. The van der Waals surface area contributed by atoms with Crippen LogP contribution in [0.25, 0.3) is 0 Å². The summed E-state index contributed by atoms with van der Waals surface area (Å²) in [7, 11) is 0. The summed E-state index contributed by atoms with van der Waals surface area (Å²) in [6, 6.07) is 0.0195. The van der Waals surface area contributed by atoms with Crippen molar-refractivity contribution in [3.8, 4) is 0 Å². The van der Waals surface area contributed by atoms with Gasteiger partial charge in [-0.15, -0.1) is 0 Å². The van der Waals surface area contributed by atoms with Crippen LogP contribution < -0.4 is 10.9 Å². The Morgan fingerprint density at radius 3 is 2.41 bits per heavy atom. The lowest BCUT2D eigenvalue weighted by atomic mass is 9.96. The highest BCUT2D eigenvalue weighted by Crippen LogP contribution is 2.15. The number of aryl methyl sites for hydroxylation is 2. The smallest absolute Gasteiger partial charge is 0.255 e. The average molecular weight is 237 g/mol. The summed E-state index contributed by atoms with van der Waals surface area (Å²) >= 11 is 0. The Morgan fingerprint density at radius 2 is 1.94 bits per heavy atom. The molecular formula is C13H23N3O. The van der Waals surface area contributed by atoms with Crippen LogP contribution in [0.5, 0.6) is 0 Å². The van der Waals surface area contributed by atoms with E-state index in [-0.39, 0.29) is 17.0 Å². The van der Waals surface area contributed by atoms with Crippen LogP contribution in [0, 0.1) is 19.3 Å². The average Bonchev–Trinajstić information content (AvgIpc) is 2.11. The molecule has 0 saturated carbocycles. The van der Waals surface area contributed by atoms with Crippen molar-refractivity contribution in [1.82, 2.24) is 15.3 Å². The first kappa shape index (κ1) is 13.9. The lowest BCUT2D eigenvalue weighted by molar-refractivity contribution is 0.358. The van der Waals surface area contributed by atoms with E-state index in [2.05, 4.69) is 36.1 Å². The first-order valence-corrected chi connectivity index (χ1v) is 6.01. The van der Waals surface area contributed by atoms with E-state index >= 15 is 0 Å². The van der Waals surface area contributed by atoms with Crippen LogP contribution in [0.4, 0.5) is 0 Å². The molecule has 0 bridgehead atoms. The van der Waals surface area contributed by atoms with Gasteiger partial charge in [0.05, 0.1) is 5.56 Å². The van der Waals surface area contributed by atoms with Gasteiger partial charge in [0.1, 0.15) is 5.82 Å². The quantitative estimate of drug-likeness (QED) is 0.846. The largest absolute Gasteiger partial charge is 0.310 e. The summed E-state index contributed by atoms with van der Waals surface area (Å²) in [6.45, 7) is 13.0. The molecule has 1 heterocycles. The molecule has 0 amide bonds. The molecule has 0 spiro atoms. The van der Waals surface area contributed by atoms with E-state index in [1.54, 1.807) is 6.92 Å². The van der Waals surface area contributed by atoms with Crippen molar-refractivity contribution in [2.45, 2.75) is 47.6 Å². The zero-order chi connectivity index (χ0) is 13.2. The normalized spacial score (nSPS) is 13.8. The molecule has 0 aliphatic rings. The van der Waals surface area contributed by atoms with Crippen LogP contribution in [0.15, 0.2) is 4.79 Å². The second kappa shape index (κ2) is 5.00. The summed E-state index contributed by atoms with van der Waals surface area (Å²) < 4.78 is 0. The molecule has 96 valence electrons. The molecule has 0 saturated heterocycles. The van der Waals surface area contributed by atoms with E-state index in [1.807, 2.05) is 13.8 Å². The lowest BCUT2D eigenvalue weighted by Crippen LogP contribution is -2.33. The monoisotopic (exact) mass is 237 g/mol. The van der Waals surface area contributed by atoms with E-state index in [0.29, 0.717) is 5.82 Å². The second-order valence-electron chi connectivity index (χ2n) is 5.81. The number of hydrogen-bond acceptors (Lipinski definition) is 3. The van der Waals surface area contributed by atoms with Crippen molar-refractivity contribution < 1.29 is 0 Å². The molecule has 0 radical (unpaired) electrons. The number of rotatable bonds is 3. The predicted molar refractivity (Wildman–Crippen MR) is 70.2 cm³/mol. The van der Waals surface area contributed by atoms with Gasteiger partial charge >= 0.3 is 0 Å². The van der Waals surface area contributed by atoms with Gasteiger partial charge in [0.2, 0.25) is 0 Å². The van der Waals surface area contributed by atoms with Crippen molar-refractivity contribution in [3.05, 3.63) is 27.4 Å². The SMILES string of the molecule is Cc1nc(C)c(C(C)NCC(C)(C)C)c(=O)[nH]1. The van der Waals surface area contributed by atoms with Crippen LogP contribution >= 0.6 is 0 Å². The predicted octanol–water partition coefficient (Wildman–Crippen LogP) is 2.08. The third kappa shape index (κ3) is 3.97. The van der Waals surface area contributed by atoms with Gasteiger partial charge < -0.3 is 10.3 Å². The Kier molecular flexibility index (Phi) is 4.09. The number of aromatic amines is 1. The fraction of sp³-hybridized carbons (Fsp3) is 0.692. The molecule has 2 N–H and O–H groups in total. The van der Waals surface area contributed by atoms with Gasteiger partial charge in [0.25, 0.3) is 5.56 Å². The number of nitrogens with zero attached hydrogens (tertiary/aromatic N) is 1. The molecule has 4 heteroatoms. The summed E-state index contributed by atoms with van der Waals surface area (Å²) in [6.07, 6.45) is 0. The second-order valence-corrected chi connectivity index (χ2v) is 5.81. The Bertz CT molecular complexity index is 443. The Balaban J connectivity index is 2.90. The van der Waals surface area contributed by atoms with Crippen molar-refractivity contribution in [1.29, 1.82) is 0 Å². The van der Waals surface area contributed by atoms with Gasteiger partial charge in [-0.25, -0.2) is 4.98 Å². The maximum Gasteiger partial charge on any atom is 0.255 e. The van der Waals surface area contributed by atoms with Crippen molar-refractivity contribution in [3.63, 3.8) is 0 Å². The lowest BCUT2D eigenvalue weighted by Gasteiger charge is -2.23. The number of H-pyrrole nitrogens is 1. The highest BCUT2D eigenvalue weighted by molar-refractivity contribution is 5.19. The van der Waals surface area contributed by atoms with Crippen LogP contribution in [0.2, 0.25) is 0 Å². The van der Waals surface area contributed by atoms with Gasteiger partial charge in [-0.05, 0) is 26.2 Å². The summed E-state index contributed by atoms with van der Waals surface area (Å²) in [5, 5.41) is 3.38. The van der Waals surface area contributed by atoms with E-state index < -0.39 is 0 Å². The molecule has 1 rings (SSSR count). The minimum atomic E-state index is -0.0380. The summed E-state index contributed by atoms with van der Waals surface area (Å²) in [5.41, 5.74) is 1.71. The Morgan fingerprint density at radius 1 is 1.35 bits per heavy atom. The maximum atomic E-state index is 11.9. The van der Waals surface area contributed by atoms with E-state index in [4.69, 9.17) is 0 Å². The van der Waals surface area contributed by atoms with Crippen molar-refractivity contribution in [2.75, 3.05) is 6.54 Å². The van der Waals surface area contributed by atoms with Gasteiger partial charge in [-0.1, -0.05) is 20.8 Å². The van der Waals surface area contributed by atoms with E-state index in [9.17, 15) is 4.79 Å². The third-order valence-electron chi connectivity index (χ3n) is 2.64. The molecule has 4 nitrogen and oxygen atoms in total. The number of aromatic nitrogens is 2. The number of hydrogen-bond donors (Lipinski definition) is 2. The highest BCUT2D eigenvalue weighted by Gasteiger charge is 2.17.